The number of rotatable bonds is 5. The van der Waals surface area contributed by atoms with Crippen LogP contribution in [0.2, 0.25) is 0 Å². The number of ether oxygens (including phenoxy) is 3. The van der Waals surface area contributed by atoms with Gasteiger partial charge in [-0.2, -0.15) is 0 Å². The van der Waals surface area contributed by atoms with Crippen LogP contribution in [0.15, 0.2) is 30.3 Å². The molecule has 0 atom stereocenters. The molecule has 2 rings (SSSR count). The second kappa shape index (κ2) is 7.00. The minimum absolute atomic E-state index is 0.286. The summed E-state index contributed by atoms with van der Waals surface area (Å²) in [6, 6.07) is 7.25. The zero-order valence-corrected chi connectivity index (χ0v) is 13.4. The first-order valence-electron chi connectivity index (χ1n) is 6.87. The third-order valence-corrected chi connectivity index (χ3v) is 3.39. The van der Waals surface area contributed by atoms with Gasteiger partial charge in [0.05, 0.1) is 26.9 Å². The summed E-state index contributed by atoms with van der Waals surface area (Å²) in [5.74, 6) is 0.467. The summed E-state index contributed by atoms with van der Waals surface area (Å²) in [7, 11) is 4.44. The maximum atomic E-state index is 13.1. The van der Waals surface area contributed by atoms with E-state index in [1.54, 1.807) is 13.0 Å². The Balaban J connectivity index is 2.38. The zero-order chi connectivity index (χ0) is 17.0. The lowest BCUT2D eigenvalue weighted by Gasteiger charge is -2.14. The molecule has 0 aliphatic heterocycles. The number of carbonyl (C=O) groups is 1. The summed E-state index contributed by atoms with van der Waals surface area (Å²) in [5, 5.41) is 2.74. The molecule has 0 aromatic heterocycles. The number of amides is 1. The van der Waals surface area contributed by atoms with E-state index in [9.17, 15) is 9.18 Å². The second-order valence-electron chi connectivity index (χ2n) is 4.82. The van der Waals surface area contributed by atoms with Crippen molar-refractivity contribution in [3.05, 3.63) is 47.3 Å². The molecule has 0 radical (unpaired) electrons. The van der Waals surface area contributed by atoms with Crippen LogP contribution < -0.4 is 19.5 Å². The average Bonchev–Trinajstić information content (AvgIpc) is 2.55. The van der Waals surface area contributed by atoms with Gasteiger partial charge in [-0.25, -0.2) is 4.39 Å². The number of halogens is 1. The number of hydrogen-bond acceptors (Lipinski definition) is 4. The van der Waals surface area contributed by atoms with Crippen molar-refractivity contribution in [2.75, 3.05) is 26.6 Å². The number of benzene rings is 2. The Hall–Kier alpha value is -2.76. The van der Waals surface area contributed by atoms with Crippen LogP contribution >= 0.6 is 0 Å². The average molecular weight is 319 g/mol. The highest BCUT2D eigenvalue weighted by Gasteiger charge is 2.18. The molecule has 0 saturated heterocycles. The van der Waals surface area contributed by atoms with Crippen molar-refractivity contribution in [3.63, 3.8) is 0 Å². The molecule has 2 aromatic carbocycles. The van der Waals surface area contributed by atoms with E-state index in [1.165, 1.54) is 45.6 Å². The largest absolute Gasteiger partial charge is 0.496 e. The van der Waals surface area contributed by atoms with Gasteiger partial charge in [0, 0.05) is 17.8 Å². The lowest BCUT2D eigenvalue weighted by Crippen LogP contribution is -2.14. The monoisotopic (exact) mass is 319 g/mol. The predicted molar refractivity (Wildman–Crippen MR) is 85.2 cm³/mol. The zero-order valence-electron chi connectivity index (χ0n) is 13.4. The Bertz CT molecular complexity index is 731. The number of aryl methyl sites for hydroxylation is 1. The van der Waals surface area contributed by atoms with Gasteiger partial charge in [0.1, 0.15) is 11.6 Å². The van der Waals surface area contributed by atoms with Crippen LogP contribution in [0, 0.1) is 12.7 Å². The third-order valence-electron chi connectivity index (χ3n) is 3.39. The highest BCUT2D eigenvalue weighted by Crippen LogP contribution is 2.35. The van der Waals surface area contributed by atoms with Gasteiger partial charge >= 0.3 is 0 Å². The SMILES string of the molecule is COc1cc(OC)c(C(=O)Nc2ccc(F)cc2C)cc1OC. The molecule has 6 heteroatoms. The fourth-order valence-electron chi connectivity index (χ4n) is 2.16. The van der Waals surface area contributed by atoms with E-state index >= 15 is 0 Å². The van der Waals surface area contributed by atoms with Gasteiger partial charge in [0.25, 0.3) is 5.91 Å². The molecule has 0 bridgehead atoms. The Morgan fingerprint density at radius 3 is 2.13 bits per heavy atom. The summed E-state index contributed by atoms with van der Waals surface area (Å²) in [5.41, 5.74) is 1.43. The fraction of sp³-hybridized carbons (Fsp3) is 0.235. The normalized spacial score (nSPS) is 10.1. The van der Waals surface area contributed by atoms with Crippen molar-refractivity contribution in [1.82, 2.24) is 0 Å². The summed E-state index contributed by atoms with van der Waals surface area (Å²) >= 11 is 0. The summed E-state index contributed by atoms with van der Waals surface area (Å²) < 4.78 is 28.8. The number of nitrogens with one attached hydrogen (secondary N) is 1. The van der Waals surface area contributed by atoms with Crippen molar-refractivity contribution in [2.45, 2.75) is 6.92 Å². The van der Waals surface area contributed by atoms with Gasteiger partial charge < -0.3 is 19.5 Å². The first-order chi connectivity index (χ1) is 11.0. The van der Waals surface area contributed by atoms with E-state index in [4.69, 9.17) is 14.2 Å². The van der Waals surface area contributed by atoms with Crippen molar-refractivity contribution >= 4 is 11.6 Å². The molecule has 0 fully saturated rings. The van der Waals surface area contributed by atoms with Crippen LogP contribution in [-0.2, 0) is 0 Å². The highest BCUT2D eigenvalue weighted by atomic mass is 19.1. The molecular weight excluding hydrogens is 301 g/mol. The van der Waals surface area contributed by atoms with E-state index in [-0.39, 0.29) is 11.4 Å². The Morgan fingerprint density at radius 1 is 0.957 bits per heavy atom. The lowest BCUT2D eigenvalue weighted by atomic mass is 10.1. The van der Waals surface area contributed by atoms with E-state index in [1.807, 2.05) is 0 Å². The molecule has 2 aromatic rings. The van der Waals surface area contributed by atoms with Gasteiger partial charge in [0.15, 0.2) is 11.5 Å². The maximum Gasteiger partial charge on any atom is 0.259 e. The topological polar surface area (TPSA) is 56.8 Å². The molecule has 5 nitrogen and oxygen atoms in total. The lowest BCUT2D eigenvalue weighted by molar-refractivity contribution is 0.102. The quantitative estimate of drug-likeness (QED) is 0.917. The molecule has 0 saturated carbocycles. The van der Waals surface area contributed by atoms with Gasteiger partial charge in [-0.15, -0.1) is 0 Å². The first-order valence-corrected chi connectivity index (χ1v) is 6.87. The molecular formula is C17H18FNO4. The molecule has 0 aliphatic carbocycles. The maximum absolute atomic E-state index is 13.1. The van der Waals surface area contributed by atoms with Crippen molar-refractivity contribution in [1.29, 1.82) is 0 Å². The molecule has 0 aliphatic rings. The molecule has 1 amide bonds. The van der Waals surface area contributed by atoms with E-state index in [2.05, 4.69) is 5.32 Å². The van der Waals surface area contributed by atoms with Crippen molar-refractivity contribution in [2.24, 2.45) is 0 Å². The molecule has 0 unspecified atom stereocenters. The van der Waals surface area contributed by atoms with Crippen LogP contribution in [-0.4, -0.2) is 27.2 Å². The van der Waals surface area contributed by atoms with Gasteiger partial charge in [-0.1, -0.05) is 0 Å². The van der Waals surface area contributed by atoms with Gasteiger partial charge in [0.2, 0.25) is 0 Å². The smallest absolute Gasteiger partial charge is 0.259 e. The Morgan fingerprint density at radius 2 is 1.57 bits per heavy atom. The number of anilines is 1. The van der Waals surface area contributed by atoms with E-state index < -0.39 is 5.91 Å². The summed E-state index contributed by atoms with van der Waals surface area (Å²) in [6.07, 6.45) is 0. The Labute approximate surface area is 134 Å². The van der Waals surface area contributed by atoms with Crippen LogP contribution in [0.5, 0.6) is 17.2 Å². The second-order valence-corrected chi connectivity index (χ2v) is 4.82. The number of methoxy groups -OCH3 is 3. The van der Waals surface area contributed by atoms with Crippen molar-refractivity contribution in [3.8, 4) is 17.2 Å². The minimum Gasteiger partial charge on any atom is -0.496 e. The molecule has 122 valence electrons. The van der Waals surface area contributed by atoms with Gasteiger partial charge in [-0.3, -0.25) is 4.79 Å². The van der Waals surface area contributed by atoms with Crippen LogP contribution in [0.4, 0.5) is 10.1 Å². The first kappa shape index (κ1) is 16.6. The molecule has 0 heterocycles. The molecule has 23 heavy (non-hydrogen) atoms. The summed E-state index contributed by atoms with van der Waals surface area (Å²) in [4.78, 5) is 12.5. The van der Waals surface area contributed by atoms with Crippen molar-refractivity contribution < 1.29 is 23.4 Å². The molecule has 0 spiro atoms. The fourth-order valence-corrected chi connectivity index (χ4v) is 2.16. The highest BCUT2D eigenvalue weighted by molar-refractivity contribution is 6.07. The van der Waals surface area contributed by atoms with Crippen LogP contribution in [0.25, 0.3) is 0 Å². The molecule has 1 N–H and O–H groups in total. The number of hydrogen-bond donors (Lipinski definition) is 1. The Kier molecular flexibility index (Phi) is 5.05. The van der Waals surface area contributed by atoms with Crippen LogP contribution in [0.3, 0.4) is 0 Å². The number of carbonyl (C=O) groups excluding carboxylic acids is 1. The van der Waals surface area contributed by atoms with E-state index in [0.717, 1.165) is 0 Å². The minimum atomic E-state index is -0.391. The predicted octanol–water partition coefficient (Wildman–Crippen LogP) is 3.41. The van der Waals surface area contributed by atoms with Gasteiger partial charge in [-0.05, 0) is 30.7 Å². The van der Waals surface area contributed by atoms with E-state index in [0.29, 0.717) is 28.5 Å². The standard InChI is InChI=1S/C17H18FNO4/c1-10-7-11(18)5-6-13(10)19-17(20)12-8-15(22-3)16(23-4)9-14(12)21-2/h5-9H,1-4H3,(H,19,20). The third kappa shape index (κ3) is 3.53. The van der Waals surface area contributed by atoms with Crippen LogP contribution in [0.1, 0.15) is 15.9 Å². The summed E-state index contributed by atoms with van der Waals surface area (Å²) in [6.45, 7) is 1.71.